The number of hydrogen-bond donors (Lipinski definition) is 1. The third kappa shape index (κ3) is 4.18. The number of aryl methyl sites for hydroxylation is 3. The lowest BCUT2D eigenvalue weighted by molar-refractivity contribution is 0.0718. The average Bonchev–Trinajstić information content (AvgIpc) is 2.68. The Morgan fingerprint density at radius 2 is 1.73 bits per heavy atom. The predicted octanol–water partition coefficient (Wildman–Crippen LogP) is 3.02. The predicted molar refractivity (Wildman–Crippen MR) is 102 cm³/mol. The molecular formula is C20H27N5O. The van der Waals surface area contributed by atoms with E-state index in [0.717, 1.165) is 55.7 Å². The minimum absolute atomic E-state index is 0.113. The summed E-state index contributed by atoms with van der Waals surface area (Å²) in [6, 6.07) is 8.05. The van der Waals surface area contributed by atoms with Crippen molar-refractivity contribution in [3.63, 3.8) is 0 Å². The molecule has 0 atom stereocenters. The van der Waals surface area contributed by atoms with E-state index < -0.39 is 0 Å². The molecule has 1 aliphatic rings. The van der Waals surface area contributed by atoms with Crippen LogP contribution in [-0.2, 0) is 12.8 Å². The number of carbonyl (C=O) groups excluding carboxylic acids is 1. The molecule has 1 aliphatic heterocycles. The number of rotatable bonds is 5. The van der Waals surface area contributed by atoms with E-state index in [1.54, 1.807) is 0 Å². The van der Waals surface area contributed by atoms with Crippen molar-refractivity contribution in [2.24, 2.45) is 0 Å². The molecule has 1 aromatic carbocycles. The van der Waals surface area contributed by atoms with Gasteiger partial charge in [0.25, 0.3) is 5.91 Å². The number of hydrogen-bond acceptors (Lipinski definition) is 5. The summed E-state index contributed by atoms with van der Waals surface area (Å²) in [7, 11) is 0. The van der Waals surface area contributed by atoms with Gasteiger partial charge in [-0.3, -0.25) is 4.79 Å². The summed E-state index contributed by atoms with van der Waals surface area (Å²) in [5, 5.41) is 11.9. The standard InChI is InChI=1S/C20H27N5O/c1-4-17-18(5-2)23-24-20(22-17)21-16-10-12-25(13-11-16)19(26)15-8-6-14(3)7-9-15/h6-9,16H,4-5,10-13H2,1-3H3,(H,21,22,24). The first-order valence-electron chi connectivity index (χ1n) is 9.45. The van der Waals surface area contributed by atoms with Crippen LogP contribution in [0, 0.1) is 6.92 Å². The van der Waals surface area contributed by atoms with Gasteiger partial charge in [-0.1, -0.05) is 31.5 Å². The van der Waals surface area contributed by atoms with Crippen molar-refractivity contribution < 1.29 is 4.79 Å². The van der Waals surface area contributed by atoms with E-state index in [1.807, 2.05) is 36.1 Å². The van der Waals surface area contributed by atoms with Crippen molar-refractivity contribution >= 4 is 11.9 Å². The zero-order valence-corrected chi connectivity index (χ0v) is 15.8. The number of piperidine rings is 1. The van der Waals surface area contributed by atoms with Gasteiger partial charge < -0.3 is 10.2 Å². The molecule has 26 heavy (non-hydrogen) atoms. The van der Waals surface area contributed by atoms with Crippen LogP contribution in [0.15, 0.2) is 24.3 Å². The molecule has 0 spiro atoms. The molecule has 1 saturated heterocycles. The minimum atomic E-state index is 0.113. The Hall–Kier alpha value is -2.50. The summed E-state index contributed by atoms with van der Waals surface area (Å²) in [5.41, 5.74) is 3.91. The minimum Gasteiger partial charge on any atom is -0.350 e. The highest BCUT2D eigenvalue weighted by molar-refractivity contribution is 5.94. The lowest BCUT2D eigenvalue weighted by atomic mass is 10.0. The van der Waals surface area contributed by atoms with Gasteiger partial charge >= 0.3 is 0 Å². The molecule has 0 aliphatic carbocycles. The van der Waals surface area contributed by atoms with E-state index >= 15 is 0 Å². The summed E-state index contributed by atoms with van der Waals surface area (Å²) in [6.07, 6.45) is 3.48. The number of amides is 1. The van der Waals surface area contributed by atoms with Crippen LogP contribution in [0.5, 0.6) is 0 Å². The van der Waals surface area contributed by atoms with Gasteiger partial charge in [-0.2, -0.15) is 5.10 Å². The van der Waals surface area contributed by atoms with Crippen molar-refractivity contribution in [2.75, 3.05) is 18.4 Å². The number of nitrogens with one attached hydrogen (secondary N) is 1. The second-order valence-electron chi connectivity index (χ2n) is 6.81. The zero-order valence-electron chi connectivity index (χ0n) is 15.8. The van der Waals surface area contributed by atoms with E-state index in [2.05, 4.69) is 34.3 Å². The number of carbonyl (C=O) groups is 1. The molecule has 0 radical (unpaired) electrons. The van der Waals surface area contributed by atoms with E-state index in [1.165, 1.54) is 5.56 Å². The summed E-state index contributed by atoms with van der Waals surface area (Å²) in [5.74, 6) is 0.712. The highest BCUT2D eigenvalue weighted by Crippen LogP contribution is 2.17. The Bertz CT molecular complexity index is 751. The lowest BCUT2D eigenvalue weighted by Gasteiger charge is -2.32. The Labute approximate surface area is 155 Å². The van der Waals surface area contributed by atoms with Gasteiger partial charge in [0.2, 0.25) is 5.95 Å². The second-order valence-corrected chi connectivity index (χ2v) is 6.81. The van der Waals surface area contributed by atoms with Gasteiger partial charge in [0.1, 0.15) is 0 Å². The zero-order chi connectivity index (χ0) is 18.5. The van der Waals surface area contributed by atoms with Crippen LogP contribution in [0.25, 0.3) is 0 Å². The second kappa shape index (κ2) is 8.25. The quantitative estimate of drug-likeness (QED) is 0.895. The van der Waals surface area contributed by atoms with Crippen LogP contribution in [-0.4, -0.2) is 45.1 Å². The van der Waals surface area contributed by atoms with E-state index in [4.69, 9.17) is 0 Å². The summed E-state index contributed by atoms with van der Waals surface area (Å²) < 4.78 is 0. The number of nitrogens with zero attached hydrogens (tertiary/aromatic N) is 4. The Kier molecular flexibility index (Phi) is 5.81. The van der Waals surface area contributed by atoms with Gasteiger partial charge in [0, 0.05) is 24.7 Å². The van der Waals surface area contributed by atoms with Crippen molar-refractivity contribution in [1.82, 2.24) is 20.1 Å². The molecule has 1 aromatic heterocycles. The third-order valence-electron chi connectivity index (χ3n) is 4.92. The van der Waals surface area contributed by atoms with E-state index in [9.17, 15) is 4.79 Å². The van der Waals surface area contributed by atoms with Gasteiger partial charge in [-0.05, 0) is 44.7 Å². The molecule has 2 heterocycles. The fourth-order valence-corrected chi connectivity index (χ4v) is 3.29. The van der Waals surface area contributed by atoms with Crippen LogP contribution in [0.4, 0.5) is 5.95 Å². The van der Waals surface area contributed by atoms with Crippen LogP contribution >= 0.6 is 0 Å². The normalized spacial score (nSPS) is 15.1. The summed E-state index contributed by atoms with van der Waals surface area (Å²) in [6.45, 7) is 7.66. The molecule has 0 bridgehead atoms. The van der Waals surface area contributed by atoms with E-state index in [0.29, 0.717) is 5.95 Å². The van der Waals surface area contributed by atoms with Crippen molar-refractivity contribution in [3.8, 4) is 0 Å². The van der Waals surface area contributed by atoms with Crippen molar-refractivity contribution in [1.29, 1.82) is 0 Å². The smallest absolute Gasteiger partial charge is 0.253 e. The maximum Gasteiger partial charge on any atom is 0.253 e. The molecule has 1 fully saturated rings. The van der Waals surface area contributed by atoms with Gasteiger partial charge in [-0.15, -0.1) is 5.10 Å². The number of likely N-dealkylation sites (tertiary alicyclic amines) is 1. The first kappa shape index (κ1) is 18.3. The third-order valence-corrected chi connectivity index (χ3v) is 4.92. The largest absolute Gasteiger partial charge is 0.350 e. The maximum atomic E-state index is 12.6. The Balaban J connectivity index is 1.57. The monoisotopic (exact) mass is 353 g/mol. The first-order valence-corrected chi connectivity index (χ1v) is 9.45. The van der Waals surface area contributed by atoms with Crippen LogP contribution in [0.2, 0.25) is 0 Å². The Morgan fingerprint density at radius 3 is 2.35 bits per heavy atom. The molecule has 0 saturated carbocycles. The molecule has 1 amide bonds. The Morgan fingerprint density at radius 1 is 1.08 bits per heavy atom. The van der Waals surface area contributed by atoms with Crippen LogP contribution < -0.4 is 5.32 Å². The topological polar surface area (TPSA) is 71.0 Å². The molecular weight excluding hydrogens is 326 g/mol. The van der Waals surface area contributed by atoms with Crippen LogP contribution in [0.1, 0.15) is 54.0 Å². The average molecular weight is 353 g/mol. The molecule has 6 nitrogen and oxygen atoms in total. The van der Waals surface area contributed by atoms with Crippen LogP contribution in [0.3, 0.4) is 0 Å². The summed E-state index contributed by atoms with van der Waals surface area (Å²) >= 11 is 0. The number of benzene rings is 1. The van der Waals surface area contributed by atoms with Gasteiger partial charge in [0.05, 0.1) is 11.4 Å². The lowest BCUT2D eigenvalue weighted by Crippen LogP contribution is -2.42. The maximum absolute atomic E-state index is 12.6. The molecule has 0 unspecified atom stereocenters. The highest BCUT2D eigenvalue weighted by atomic mass is 16.2. The van der Waals surface area contributed by atoms with Crippen molar-refractivity contribution in [3.05, 3.63) is 46.8 Å². The van der Waals surface area contributed by atoms with E-state index in [-0.39, 0.29) is 11.9 Å². The first-order chi connectivity index (χ1) is 12.6. The number of anilines is 1. The molecule has 1 N–H and O–H groups in total. The van der Waals surface area contributed by atoms with Gasteiger partial charge in [-0.25, -0.2) is 4.98 Å². The number of aromatic nitrogens is 3. The molecule has 138 valence electrons. The fourth-order valence-electron chi connectivity index (χ4n) is 3.29. The summed E-state index contributed by atoms with van der Waals surface area (Å²) in [4.78, 5) is 19.1. The molecule has 3 rings (SSSR count). The van der Waals surface area contributed by atoms with Gasteiger partial charge in [0.15, 0.2) is 0 Å². The SMILES string of the molecule is CCc1nnc(NC2CCN(C(=O)c3ccc(C)cc3)CC2)nc1CC. The molecule has 6 heteroatoms. The fraction of sp³-hybridized carbons (Fsp3) is 0.500. The van der Waals surface area contributed by atoms with Crippen molar-refractivity contribution in [2.45, 2.75) is 52.5 Å². The molecule has 2 aromatic rings. The highest BCUT2D eigenvalue weighted by Gasteiger charge is 2.24.